The van der Waals surface area contributed by atoms with Gasteiger partial charge in [-0.1, -0.05) is 0 Å². The van der Waals surface area contributed by atoms with E-state index in [2.05, 4.69) is 0 Å². The number of nitrogens with two attached hydrogens (primary N) is 1. The monoisotopic (exact) mass is 286 g/mol. The molecule has 21 heavy (non-hydrogen) atoms. The Balaban J connectivity index is 2.25. The number of nitriles is 1. The van der Waals surface area contributed by atoms with E-state index in [0.29, 0.717) is 17.2 Å². The average Bonchev–Trinajstić information content (AvgIpc) is 2.37. The Hall–Kier alpha value is -2.74. The zero-order valence-corrected chi connectivity index (χ0v) is 11.8. The second-order valence-electron chi connectivity index (χ2n) is 4.76. The highest BCUT2D eigenvalue weighted by Gasteiger charge is 2.07. The molecule has 4 nitrogen and oxygen atoms in total. The first-order chi connectivity index (χ1) is 9.97. The van der Waals surface area contributed by atoms with Crippen LogP contribution < -0.4 is 15.2 Å². The van der Waals surface area contributed by atoms with E-state index in [-0.39, 0.29) is 17.4 Å². The summed E-state index contributed by atoms with van der Waals surface area (Å²) in [5.41, 5.74) is 6.24. The van der Waals surface area contributed by atoms with Crippen molar-refractivity contribution < 1.29 is 13.9 Å². The van der Waals surface area contributed by atoms with Crippen molar-refractivity contribution in [1.29, 1.82) is 5.26 Å². The zero-order valence-electron chi connectivity index (χ0n) is 11.8. The number of anilines is 1. The fourth-order valence-corrected chi connectivity index (χ4v) is 1.78. The fraction of sp³-hybridized carbons (Fsp3) is 0.188. The predicted octanol–water partition coefficient (Wildman–Crippen LogP) is 3.86. The minimum absolute atomic E-state index is 0.00649. The van der Waals surface area contributed by atoms with Crippen LogP contribution in [0.15, 0.2) is 36.4 Å². The van der Waals surface area contributed by atoms with E-state index in [1.54, 1.807) is 24.3 Å². The molecule has 5 heteroatoms. The van der Waals surface area contributed by atoms with E-state index in [0.717, 1.165) is 6.07 Å². The first-order valence-corrected chi connectivity index (χ1v) is 6.42. The van der Waals surface area contributed by atoms with Gasteiger partial charge in [0.15, 0.2) is 0 Å². The van der Waals surface area contributed by atoms with Gasteiger partial charge in [0.05, 0.1) is 11.7 Å². The second-order valence-corrected chi connectivity index (χ2v) is 4.76. The number of rotatable bonds is 4. The molecule has 0 radical (unpaired) electrons. The third kappa shape index (κ3) is 3.86. The van der Waals surface area contributed by atoms with Gasteiger partial charge in [0.1, 0.15) is 29.1 Å². The molecule has 0 amide bonds. The minimum atomic E-state index is -0.627. The normalized spacial score (nSPS) is 10.2. The number of halogens is 1. The summed E-state index contributed by atoms with van der Waals surface area (Å²) in [6.45, 7) is 3.80. The van der Waals surface area contributed by atoms with Gasteiger partial charge in [-0.25, -0.2) is 4.39 Å². The molecular formula is C16H15FN2O2. The summed E-state index contributed by atoms with van der Waals surface area (Å²) >= 11 is 0. The van der Waals surface area contributed by atoms with Gasteiger partial charge in [-0.05, 0) is 26.0 Å². The highest BCUT2D eigenvalue weighted by molar-refractivity contribution is 5.51. The number of benzene rings is 2. The third-order valence-electron chi connectivity index (χ3n) is 2.57. The minimum Gasteiger partial charge on any atom is -0.491 e. The molecule has 0 saturated heterocycles. The van der Waals surface area contributed by atoms with Gasteiger partial charge in [-0.15, -0.1) is 0 Å². The summed E-state index contributed by atoms with van der Waals surface area (Å²) in [5, 5.41) is 8.69. The van der Waals surface area contributed by atoms with Crippen molar-refractivity contribution in [3.63, 3.8) is 0 Å². The number of hydrogen-bond donors (Lipinski definition) is 1. The van der Waals surface area contributed by atoms with Crippen molar-refractivity contribution in [3.8, 4) is 23.3 Å². The van der Waals surface area contributed by atoms with Crippen molar-refractivity contribution in [2.24, 2.45) is 0 Å². The SMILES string of the molecule is CC(C)Oc1cc(N)cc(Oc2ccc(C#N)c(F)c2)c1. The largest absolute Gasteiger partial charge is 0.491 e. The molecule has 0 fully saturated rings. The molecule has 0 spiro atoms. The summed E-state index contributed by atoms with van der Waals surface area (Å²) in [5.74, 6) is 0.675. The molecule has 0 bridgehead atoms. The molecule has 0 atom stereocenters. The van der Waals surface area contributed by atoms with E-state index >= 15 is 0 Å². The summed E-state index contributed by atoms with van der Waals surface area (Å²) in [7, 11) is 0. The van der Waals surface area contributed by atoms with E-state index in [4.69, 9.17) is 20.5 Å². The third-order valence-corrected chi connectivity index (χ3v) is 2.57. The molecule has 108 valence electrons. The molecule has 0 unspecified atom stereocenters. The zero-order chi connectivity index (χ0) is 15.4. The molecule has 0 aliphatic heterocycles. The highest BCUT2D eigenvalue weighted by atomic mass is 19.1. The quantitative estimate of drug-likeness (QED) is 0.866. The van der Waals surface area contributed by atoms with E-state index in [1.165, 1.54) is 12.1 Å². The van der Waals surface area contributed by atoms with E-state index < -0.39 is 5.82 Å². The predicted molar refractivity (Wildman–Crippen MR) is 77.8 cm³/mol. The Morgan fingerprint density at radius 3 is 2.43 bits per heavy atom. The van der Waals surface area contributed by atoms with Crippen LogP contribution in [0, 0.1) is 17.1 Å². The van der Waals surface area contributed by atoms with Crippen molar-refractivity contribution >= 4 is 5.69 Å². The van der Waals surface area contributed by atoms with Crippen LogP contribution in [0.3, 0.4) is 0 Å². The first kappa shape index (κ1) is 14.7. The number of nitrogens with zero attached hydrogens (tertiary/aromatic N) is 1. The van der Waals surface area contributed by atoms with Crippen molar-refractivity contribution in [2.45, 2.75) is 20.0 Å². The van der Waals surface area contributed by atoms with Gasteiger partial charge >= 0.3 is 0 Å². The standard InChI is InChI=1S/C16H15FN2O2/c1-10(2)20-14-5-12(19)6-15(7-14)21-13-4-3-11(9-18)16(17)8-13/h3-8,10H,19H2,1-2H3. The van der Waals surface area contributed by atoms with Crippen LogP contribution in [-0.4, -0.2) is 6.10 Å². The van der Waals surface area contributed by atoms with Crippen LogP contribution >= 0.6 is 0 Å². The average molecular weight is 286 g/mol. The molecule has 0 aliphatic carbocycles. The number of ether oxygens (including phenoxy) is 2. The van der Waals surface area contributed by atoms with Gasteiger partial charge in [0, 0.05) is 30.0 Å². The van der Waals surface area contributed by atoms with Crippen LogP contribution in [0.5, 0.6) is 17.2 Å². The number of nitrogen functional groups attached to an aromatic ring is 1. The van der Waals surface area contributed by atoms with Gasteiger partial charge in [-0.2, -0.15) is 5.26 Å². The van der Waals surface area contributed by atoms with Gasteiger partial charge in [-0.3, -0.25) is 0 Å². The molecule has 0 heterocycles. The maximum absolute atomic E-state index is 13.5. The smallest absolute Gasteiger partial charge is 0.144 e. The highest BCUT2D eigenvalue weighted by Crippen LogP contribution is 2.29. The first-order valence-electron chi connectivity index (χ1n) is 6.42. The van der Waals surface area contributed by atoms with E-state index in [9.17, 15) is 4.39 Å². The summed E-state index contributed by atoms with van der Waals surface area (Å²) in [6, 6.07) is 10.8. The fourth-order valence-electron chi connectivity index (χ4n) is 1.78. The lowest BCUT2D eigenvalue weighted by Crippen LogP contribution is -2.05. The van der Waals surface area contributed by atoms with Crippen LogP contribution in [0.4, 0.5) is 10.1 Å². The molecule has 0 saturated carbocycles. The Morgan fingerprint density at radius 2 is 1.81 bits per heavy atom. The lowest BCUT2D eigenvalue weighted by Gasteiger charge is -2.13. The maximum atomic E-state index is 13.5. The lowest BCUT2D eigenvalue weighted by molar-refractivity contribution is 0.242. The topological polar surface area (TPSA) is 68.3 Å². The molecular weight excluding hydrogens is 271 g/mol. The molecule has 2 N–H and O–H groups in total. The van der Waals surface area contributed by atoms with Gasteiger partial charge < -0.3 is 15.2 Å². The van der Waals surface area contributed by atoms with Gasteiger partial charge in [0.25, 0.3) is 0 Å². The summed E-state index contributed by atoms with van der Waals surface area (Å²) in [4.78, 5) is 0. The second kappa shape index (κ2) is 6.14. The Morgan fingerprint density at radius 1 is 1.10 bits per heavy atom. The lowest BCUT2D eigenvalue weighted by atomic mass is 10.2. The molecule has 2 aromatic rings. The summed E-state index contributed by atoms with van der Waals surface area (Å²) in [6.07, 6.45) is 0.00649. The molecule has 2 aromatic carbocycles. The van der Waals surface area contributed by atoms with Crippen molar-refractivity contribution in [1.82, 2.24) is 0 Å². The van der Waals surface area contributed by atoms with Crippen LogP contribution in [0.1, 0.15) is 19.4 Å². The van der Waals surface area contributed by atoms with Crippen molar-refractivity contribution in [3.05, 3.63) is 47.8 Å². The van der Waals surface area contributed by atoms with Crippen LogP contribution in [0.2, 0.25) is 0 Å². The molecule has 2 rings (SSSR count). The molecule has 0 aliphatic rings. The van der Waals surface area contributed by atoms with Crippen LogP contribution in [0.25, 0.3) is 0 Å². The Kier molecular flexibility index (Phi) is 4.29. The maximum Gasteiger partial charge on any atom is 0.144 e. The summed E-state index contributed by atoms with van der Waals surface area (Å²) < 4.78 is 24.6. The molecule has 0 aromatic heterocycles. The van der Waals surface area contributed by atoms with Crippen LogP contribution in [-0.2, 0) is 0 Å². The van der Waals surface area contributed by atoms with E-state index in [1.807, 2.05) is 13.8 Å². The Labute approximate surface area is 122 Å². The Bertz CT molecular complexity index is 693. The van der Waals surface area contributed by atoms with Gasteiger partial charge in [0.2, 0.25) is 0 Å². The number of hydrogen-bond acceptors (Lipinski definition) is 4. The van der Waals surface area contributed by atoms with Crippen molar-refractivity contribution in [2.75, 3.05) is 5.73 Å².